The van der Waals surface area contributed by atoms with Crippen molar-refractivity contribution < 1.29 is 14.6 Å². The number of benzene rings is 1. The summed E-state index contributed by atoms with van der Waals surface area (Å²) in [6.45, 7) is 2.60. The molecule has 1 heterocycles. The highest BCUT2D eigenvalue weighted by atomic mass is 32.2. The van der Waals surface area contributed by atoms with Crippen LogP contribution in [0.15, 0.2) is 35.6 Å². The van der Waals surface area contributed by atoms with Crippen molar-refractivity contribution in [1.29, 1.82) is 0 Å². The van der Waals surface area contributed by atoms with Crippen LogP contribution in [0.25, 0.3) is 0 Å². The number of hydrogen-bond acceptors (Lipinski definition) is 4. The van der Waals surface area contributed by atoms with Gasteiger partial charge in [-0.05, 0) is 24.6 Å². The summed E-state index contributed by atoms with van der Waals surface area (Å²) in [6, 6.07) is 7.80. The van der Waals surface area contributed by atoms with Gasteiger partial charge in [-0.1, -0.05) is 23.9 Å². The second-order valence-electron chi connectivity index (χ2n) is 4.30. The molecule has 0 radical (unpaired) electrons. The molecular formula is C14H16N2O3S. The number of rotatable bonds is 6. The number of carbonyl (C=O) groups is 1. The van der Waals surface area contributed by atoms with E-state index in [0.29, 0.717) is 11.7 Å². The summed E-state index contributed by atoms with van der Waals surface area (Å²) in [4.78, 5) is 14.9. The van der Waals surface area contributed by atoms with E-state index in [2.05, 4.69) is 4.98 Å². The standard InChI is InChI=1S/C14H16N2O3S/c1-10-7-15-14(20-9-13(17)18)16(10)8-11-4-3-5-12(6-11)19-2/h3-7H,8-9H2,1-2H3,(H,17,18). The fourth-order valence-corrected chi connectivity index (χ4v) is 2.57. The number of aliphatic carboxylic acids is 1. The van der Waals surface area contributed by atoms with E-state index < -0.39 is 5.97 Å². The zero-order valence-electron chi connectivity index (χ0n) is 11.4. The molecule has 0 amide bonds. The largest absolute Gasteiger partial charge is 0.497 e. The van der Waals surface area contributed by atoms with Crippen LogP contribution >= 0.6 is 11.8 Å². The number of methoxy groups -OCH3 is 1. The number of ether oxygens (including phenoxy) is 1. The maximum Gasteiger partial charge on any atom is 0.313 e. The number of carboxylic acids is 1. The van der Waals surface area contributed by atoms with Crippen LogP contribution in [0.4, 0.5) is 0 Å². The number of carboxylic acid groups (broad SMARTS) is 1. The van der Waals surface area contributed by atoms with Gasteiger partial charge in [0.05, 0.1) is 12.9 Å². The smallest absolute Gasteiger partial charge is 0.313 e. The average molecular weight is 292 g/mol. The van der Waals surface area contributed by atoms with E-state index >= 15 is 0 Å². The number of aromatic nitrogens is 2. The van der Waals surface area contributed by atoms with Gasteiger partial charge in [-0.3, -0.25) is 4.79 Å². The molecule has 0 aliphatic heterocycles. The summed E-state index contributed by atoms with van der Waals surface area (Å²) in [5.41, 5.74) is 2.09. The number of aryl methyl sites for hydroxylation is 1. The zero-order chi connectivity index (χ0) is 14.5. The molecule has 0 unspecified atom stereocenters. The van der Waals surface area contributed by atoms with Crippen LogP contribution < -0.4 is 4.74 Å². The average Bonchev–Trinajstić information content (AvgIpc) is 2.78. The van der Waals surface area contributed by atoms with Crippen LogP contribution in [0.1, 0.15) is 11.3 Å². The van der Waals surface area contributed by atoms with Gasteiger partial charge in [0.15, 0.2) is 5.16 Å². The highest BCUT2D eigenvalue weighted by Gasteiger charge is 2.10. The SMILES string of the molecule is COc1cccc(Cn2c(C)cnc2SCC(=O)O)c1. The summed E-state index contributed by atoms with van der Waals surface area (Å²) in [5, 5.41) is 9.47. The van der Waals surface area contributed by atoms with E-state index in [1.165, 1.54) is 11.8 Å². The molecule has 0 fully saturated rings. The number of thioether (sulfide) groups is 1. The Kier molecular flexibility index (Phi) is 4.68. The molecule has 5 nitrogen and oxygen atoms in total. The van der Waals surface area contributed by atoms with Gasteiger partial charge in [-0.2, -0.15) is 0 Å². The molecule has 0 aliphatic rings. The van der Waals surface area contributed by atoms with Crippen LogP contribution in [0, 0.1) is 6.92 Å². The third-order valence-electron chi connectivity index (χ3n) is 2.82. The minimum absolute atomic E-state index is 0.00850. The summed E-state index contributed by atoms with van der Waals surface area (Å²) in [7, 11) is 1.63. The van der Waals surface area contributed by atoms with E-state index in [-0.39, 0.29) is 5.75 Å². The molecule has 0 saturated carbocycles. The summed E-state index contributed by atoms with van der Waals surface area (Å²) in [5.74, 6) is -0.0298. The molecule has 6 heteroatoms. The molecule has 1 aromatic heterocycles. The lowest BCUT2D eigenvalue weighted by molar-refractivity contribution is -0.133. The minimum Gasteiger partial charge on any atom is -0.497 e. The molecule has 0 aliphatic carbocycles. The van der Waals surface area contributed by atoms with Crippen molar-refractivity contribution in [3.05, 3.63) is 41.7 Å². The van der Waals surface area contributed by atoms with Crippen molar-refractivity contribution in [1.82, 2.24) is 9.55 Å². The second-order valence-corrected chi connectivity index (χ2v) is 5.24. The van der Waals surface area contributed by atoms with Crippen LogP contribution in [-0.2, 0) is 11.3 Å². The second kappa shape index (κ2) is 6.47. The van der Waals surface area contributed by atoms with Crippen molar-refractivity contribution in [3.63, 3.8) is 0 Å². The Balaban J connectivity index is 2.19. The molecule has 20 heavy (non-hydrogen) atoms. The fraction of sp³-hybridized carbons (Fsp3) is 0.286. The van der Waals surface area contributed by atoms with E-state index in [4.69, 9.17) is 9.84 Å². The topological polar surface area (TPSA) is 64.4 Å². The molecular weight excluding hydrogens is 276 g/mol. The third kappa shape index (κ3) is 3.54. The Hall–Kier alpha value is -1.95. The first-order valence-corrected chi connectivity index (χ1v) is 7.08. The lowest BCUT2D eigenvalue weighted by Gasteiger charge is -2.10. The Bertz CT molecular complexity index is 610. The van der Waals surface area contributed by atoms with Gasteiger partial charge >= 0.3 is 5.97 Å². The van der Waals surface area contributed by atoms with Crippen LogP contribution in [0.5, 0.6) is 5.75 Å². The molecule has 0 spiro atoms. The summed E-state index contributed by atoms with van der Waals surface area (Å²) >= 11 is 1.23. The van der Waals surface area contributed by atoms with Crippen LogP contribution in [0.2, 0.25) is 0 Å². The lowest BCUT2D eigenvalue weighted by atomic mass is 10.2. The van der Waals surface area contributed by atoms with Gasteiger partial charge in [0.2, 0.25) is 0 Å². The van der Waals surface area contributed by atoms with Crippen LogP contribution in [-0.4, -0.2) is 33.5 Å². The minimum atomic E-state index is -0.844. The van der Waals surface area contributed by atoms with Crippen molar-refractivity contribution in [2.75, 3.05) is 12.9 Å². The summed E-state index contributed by atoms with van der Waals surface area (Å²) in [6.07, 6.45) is 1.75. The van der Waals surface area contributed by atoms with E-state index in [1.807, 2.05) is 35.8 Å². The molecule has 0 bridgehead atoms. The molecule has 0 atom stereocenters. The molecule has 1 aromatic carbocycles. The lowest BCUT2D eigenvalue weighted by Crippen LogP contribution is -2.06. The third-order valence-corrected chi connectivity index (χ3v) is 3.79. The first-order chi connectivity index (χ1) is 9.60. The van der Waals surface area contributed by atoms with Gasteiger partial charge in [-0.15, -0.1) is 0 Å². The molecule has 1 N–H and O–H groups in total. The van der Waals surface area contributed by atoms with Crippen molar-refractivity contribution >= 4 is 17.7 Å². The van der Waals surface area contributed by atoms with Gasteiger partial charge in [0.1, 0.15) is 5.75 Å². The Labute approximate surface area is 121 Å². The fourth-order valence-electron chi connectivity index (χ4n) is 1.83. The number of hydrogen-bond donors (Lipinski definition) is 1. The first kappa shape index (κ1) is 14.5. The first-order valence-electron chi connectivity index (χ1n) is 6.10. The zero-order valence-corrected chi connectivity index (χ0v) is 12.2. The number of nitrogens with zero attached hydrogens (tertiary/aromatic N) is 2. The van der Waals surface area contributed by atoms with E-state index in [0.717, 1.165) is 17.0 Å². The maximum absolute atomic E-state index is 10.7. The Morgan fingerprint density at radius 1 is 1.50 bits per heavy atom. The molecule has 2 aromatic rings. The van der Waals surface area contributed by atoms with Crippen molar-refractivity contribution in [3.8, 4) is 5.75 Å². The van der Waals surface area contributed by atoms with Gasteiger partial charge in [0, 0.05) is 18.4 Å². The highest BCUT2D eigenvalue weighted by molar-refractivity contribution is 7.99. The highest BCUT2D eigenvalue weighted by Crippen LogP contribution is 2.21. The van der Waals surface area contributed by atoms with E-state index in [9.17, 15) is 4.79 Å². The monoisotopic (exact) mass is 292 g/mol. The maximum atomic E-state index is 10.7. The van der Waals surface area contributed by atoms with Crippen molar-refractivity contribution in [2.45, 2.75) is 18.6 Å². The number of imidazole rings is 1. The van der Waals surface area contributed by atoms with Gasteiger partial charge in [-0.25, -0.2) is 4.98 Å². The molecule has 2 rings (SSSR count). The predicted molar refractivity (Wildman–Crippen MR) is 77.4 cm³/mol. The van der Waals surface area contributed by atoms with E-state index in [1.54, 1.807) is 13.3 Å². The normalized spacial score (nSPS) is 10.5. The van der Waals surface area contributed by atoms with Crippen molar-refractivity contribution in [2.24, 2.45) is 0 Å². The van der Waals surface area contributed by atoms with Gasteiger partial charge in [0.25, 0.3) is 0 Å². The summed E-state index contributed by atoms with van der Waals surface area (Å²) < 4.78 is 7.21. The van der Waals surface area contributed by atoms with Gasteiger partial charge < -0.3 is 14.4 Å². The molecule has 106 valence electrons. The Morgan fingerprint density at radius 3 is 3.00 bits per heavy atom. The predicted octanol–water partition coefficient (Wildman–Crippen LogP) is 2.43. The quantitative estimate of drug-likeness (QED) is 0.828. The van der Waals surface area contributed by atoms with Crippen LogP contribution in [0.3, 0.4) is 0 Å². The molecule has 0 saturated heterocycles. The Morgan fingerprint density at radius 2 is 2.30 bits per heavy atom.